The summed E-state index contributed by atoms with van der Waals surface area (Å²) in [4.78, 5) is 39.6. The van der Waals surface area contributed by atoms with Crippen molar-refractivity contribution in [1.82, 2.24) is 10.2 Å². The highest BCUT2D eigenvalue weighted by atomic mass is 35.5. The number of carbonyl (C=O) groups excluding carboxylic acids is 3. The molecule has 2 aromatic carbocycles. The first-order chi connectivity index (χ1) is 16.0. The fourth-order valence-electron chi connectivity index (χ4n) is 4.48. The Morgan fingerprint density at radius 2 is 1.79 bits per heavy atom. The molecule has 7 nitrogen and oxygen atoms in total. The van der Waals surface area contributed by atoms with E-state index in [4.69, 9.17) is 16.3 Å². The van der Waals surface area contributed by atoms with E-state index in [1.165, 1.54) is 13.2 Å². The number of amides is 2. The van der Waals surface area contributed by atoms with Gasteiger partial charge >= 0.3 is 5.97 Å². The topological polar surface area (TPSA) is 95.9 Å². The molecule has 2 N–H and O–H groups in total. The summed E-state index contributed by atoms with van der Waals surface area (Å²) in [6, 6.07) is 12.6. The lowest BCUT2D eigenvalue weighted by Crippen LogP contribution is -2.59. The Hall–Kier alpha value is -2.90. The summed E-state index contributed by atoms with van der Waals surface area (Å²) in [7, 11) is 1.27. The Morgan fingerprint density at radius 1 is 1.15 bits per heavy atom. The number of aliphatic hydroxyl groups is 1. The molecule has 0 radical (unpaired) electrons. The molecule has 2 atom stereocenters. The lowest BCUT2D eigenvalue weighted by molar-refractivity contribution is -0.154. The highest BCUT2D eigenvalue weighted by Gasteiger charge is 2.50. The number of hydrogen-bond acceptors (Lipinski definition) is 5. The van der Waals surface area contributed by atoms with E-state index in [1.807, 2.05) is 32.9 Å². The Labute approximate surface area is 205 Å². The molecule has 2 aromatic rings. The molecular formula is C26H31ClN2O5. The van der Waals surface area contributed by atoms with Crippen molar-refractivity contribution in [2.45, 2.75) is 45.3 Å². The van der Waals surface area contributed by atoms with Gasteiger partial charge in [-0.3, -0.25) is 9.59 Å². The standard InChI is InChI=1S/C26H31ClN2O5/c1-5-21(28-22(30)17-7-6-8-18(15-17)24(32)34-4)23(31)29-14-13-26(33,25(2,3)16-29)19-9-11-20(27)12-10-19/h6-12,15,21,33H,5,13-14,16H2,1-4H3,(H,28,30). The van der Waals surface area contributed by atoms with Gasteiger partial charge in [-0.1, -0.05) is 50.6 Å². The van der Waals surface area contributed by atoms with Crippen LogP contribution in [0.15, 0.2) is 48.5 Å². The van der Waals surface area contributed by atoms with E-state index in [-0.39, 0.29) is 17.0 Å². The molecule has 1 heterocycles. The summed E-state index contributed by atoms with van der Waals surface area (Å²) in [5.74, 6) is -1.19. The summed E-state index contributed by atoms with van der Waals surface area (Å²) in [5, 5.41) is 14.9. The molecule has 8 heteroatoms. The number of esters is 1. The van der Waals surface area contributed by atoms with E-state index in [0.29, 0.717) is 31.0 Å². The number of methoxy groups -OCH3 is 1. The van der Waals surface area contributed by atoms with Gasteiger partial charge in [0.2, 0.25) is 5.91 Å². The fraction of sp³-hybridized carbons (Fsp3) is 0.423. The van der Waals surface area contributed by atoms with Crippen molar-refractivity contribution in [3.8, 4) is 0 Å². The van der Waals surface area contributed by atoms with Gasteiger partial charge < -0.3 is 20.1 Å². The number of hydrogen-bond donors (Lipinski definition) is 2. The maximum atomic E-state index is 13.3. The van der Waals surface area contributed by atoms with Crippen LogP contribution in [0.2, 0.25) is 5.02 Å². The van der Waals surface area contributed by atoms with E-state index >= 15 is 0 Å². The molecule has 3 rings (SSSR count). The minimum Gasteiger partial charge on any atom is -0.465 e. The highest BCUT2D eigenvalue weighted by molar-refractivity contribution is 6.30. The van der Waals surface area contributed by atoms with Crippen molar-refractivity contribution in [2.75, 3.05) is 20.2 Å². The second kappa shape index (κ2) is 10.2. The van der Waals surface area contributed by atoms with Crippen molar-refractivity contribution in [3.05, 3.63) is 70.2 Å². The lowest BCUT2D eigenvalue weighted by atomic mass is 9.66. The second-order valence-electron chi connectivity index (χ2n) is 9.27. The van der Waals surface area contributed by atoms with Crippen LogP contribution in [0.4, 0.5) is 0 Å². The minimum absolute atomic E-state index is 0.203. The molecule has 2 unspecified atom stereocenters. The summed E-state index contributed by atoms with van der Waals surface area (Å²) >= 11 is 6.01. The molecule has 1 fully saturated rings. The number of halogens is 1. The third kappa shape index (κ3) is 5.10. The first-order valence-electron chi connectivity index (χ1n) is 11.3. The maximum absolute atomic E-state index is 13.3. The minimum atomic E-state index is -1.12. The van der Waals surface area contributed by atoms with Gasteiger partial charge in [0.1, 0.15) is 6.04 Å². The number of likely N-dealkylation sites (tertiary alicyclic amines) is 1. The van der Waals surface area contributed by atoms with E-state index < -0.39 is 28.9 Å². The fourth-order valence-corrected chi connectivity index (χ4v) is 4.60. The molecule has 182 valence electrons. The van der Waals surface area contributed by atoms with Crippen LogP contribution in [0.25, 0.3) is 0 Å². The van der Waals surface area contributed by atoms with Crippen LogP contribution in [-0.2, 0) is 15.1 Å². The first-order valence-corrected chi connectivity index (χ1v) is 11.7. The van der Waals surface area contributed by atoms with Crippen LogP contribution in [0.1, 0.15) is 59.9 Å². The largest absolute Gasteiger partial charge is 0.465 e. The van der Waals surface area contributed by atoms with Crippen LogP contribution in [0, 0.1) is 5.41 Å². The van der Waals surface area contributed by atoms with E-state index in [9.17, 15) is 19.5 Å². The molecule has 0 aromatic heterocycles. The van der Waals surface area contributed by atoms with Gasteiger partial charge in [-0.25, -0.2) is 4.79 Å². The second-order valence-corrected chi connectivity index (χ2v) is 9.70. The molecule has 0 aliphatic carbocycles. The predicted octanol–water partition coefficient (Wildman–Crippen LogP) is 3.78. The van der Waals surface area contributed by atoms with Crippen LogP contribution in [-0.4, -0.2) is 54.0 Å². The quantitative estimate of drug-likeness (QED) is 0.606. The maximum Gasteiger partial charge on any atom is 0.337 e. The number of carbonyl (C=O) groups is 3. The van der Waals surface area contributed by atoms with Gasteiger partial charge in [0.05, 0.1) is 18.3 Å². The zero-order valence-corrected chi connectivity index (χ0v) is 20.7. The van der Waals surface area contributed by atoms with Gasteiger partial charge in [-0.05, 0) is 48.7 Å². The van der Waals surface area contributed by atoms with Gasteiger partial charge in [-0.2, -0.15) is 0 Å². The molecule has 1 aliphatic heterocycles. The smallest absolute Gasteiger partial charge is 0.337 e. The van der Waals surface area contributed by atoms with E-state index in [2.05, 4.69) is 5.32 Å². The van der Waals surface area contributed by atoms with Gasteiger partial charge in [0.25, 0.3) is 5.91 Å². The van der Waals surface area contributed by atoms with Crippen LogP contribution in [0.3, 0.4) is 0 Å². The molecule has 34 heavy (non-hydrogen) atoms. The average Bonchev–Trinajstić information content (AvgIpc) is 2.83. The van der Waals surface area contributed by atoms with E-state index in [0.717, 1.165) is 5.56 Å². The third-order valence-corrected chi connectivity index (χ3v) is 6.89. The molecule has 0 spiro atoms. The lowest BCUT2D eigenvalue weighted by Gasteiger charge is -2.51. The SMILES string of the molecule is CCC(NC(=O)c1cccc(C(=O)OC)c1)C(=O)N1CCC(O)(c2ccc(Cl)cc2)C(C)(C)C1. The summed E-state index contributed by atoms with van der Waals surface area (Å²) in [6.07, 6.45) is 0.762. The number of benzene rings is 2. The predicted molar refractivity (Wildman–Crippen MR) is 130 cm³/mol. The average molecular weight is 487 g/mol. The van der Waals surface area contributed by atoms with Gasteiger partial charge in [-0.15, -0.1) is 0 Å². The van der Waals surface area contributed by atoms with Gasteiger partial charge in [0.15, 0.2) is 0 Å². The Kier molecular flexibility index (Phi) is 7.68. The van der Waals surface area contributed by atoms with Crippen molar-refractivity contribution in [3.63, 3.8) is 0 Å². The van der Waals surface area contributed by atoms with Crippen LogP contribution in [0.5, 0.6) is 0 Å². The van der Waals surface area contributed by atoms with Crippen molar-refractivity contribution >= 4 is 29.4 Å². The molecule has 1 saturated heterocycles. The Balaban J connectivity index is 1.73. The van der Waals surface area contributed by atoms with Crippen molar-refractivity contribution in [1.29, 1.82) is 0 Å². The third-order valence-electron chi connectivity index (χ3n) is 6.64. The summed E-state index contributed by atoms with van der Waals surface area (Å²) in [5.41, 5.74) is -0.460. The summed E-state index contributed by atoms with van der Waals surface area (Å²) in [6.45, 7) is 6.37. The zero-order valence-electron chi connectivity index (χ0n) is 19.9. The number of piperidine rings is 1. The van der Waals surface area contributed by atoms with Crippen molar-refractivity contribution in [2.24, 2.45) is 5.41 Å². The number of ether oxygens (including phenoxy) is 1. The Morgan fingerprint density at radius 3 is 2.38 bits per heavy atom. The molecule has 0 bridgehead atoms. The number of rotatable bonds is 6. The van der Waals surface area contributed by atoms with Gasteiger partial charge in [0, 0.05) is 29.1 Å². The number of nitrogens with one attached hydrogen (secondary N) is 1. The highest BCUT2D eigenvalue weighted by Crippen LogP contribution is 2.46. The molecule has 1 aliphatic rings. The zero-order chi connectivity index (χ0) is 25.1. The molecule has 2 amide bonds. The monoisotopic (exact) mass is 486 g/mol. The molecule has 0 saturated carbocycles. The summed E-state index contributed by atoms with van der Waals surface area (Å²) < 4.78 is 4.71. The first kappa shape index (κ1) is 25.7. The number of nitrogens with zero attached hydrogens (tertiary/aromatic N) is 1. The Bertz CT molecular complexity index is 1070. The molecular weight excluding hydrogens is 456 g/mol. The normalized spacial score (nSPS) is 20.4. The van der Waals surface area contributed by atoms with Crippen molar-refractivity contribution < 1.29 is 24.2 Å². The van der Waals surface area contributed by atoms with Crippen LogP contribution < -0.4 is 5.32 Å². The van der Waals surface area contributed by atoms with E-state index in [1.54, 1.807) is 35.2 Å². The van der Waals surface area contributed by atoms with Crippen LogP contribution >= 0.6 is 11.6 Å².